The van der Waals surface area contributed by atoms with Crippen LogP contribution in [0.5, 0.6) is 0 Å². The van der Waals surface area contributed by atoms with Gasteiger partial charge in [0.05, 0.1) is 5.56 Å². The minimum Gasteiger partial charge on any atom is -0.166 e. The molecule has 3 heteroatoms. The molecule has 0 aliphatic heterocycles. The summed E-state index contributed by atoms with van der Waals surface area (Å²) in [5, 5.41) is 0. The highest BCUT2D eigenvalue weighted by Crippen LogP contribution is 2.55. The molecule has 0 unspecified atom stereocenters. The van der Waals surface area contributed by atoms with Crippen molar-refractivity contribution in [1.82, 2.24) is 0 Å². The molecule has 0 N–H and O–H groups in total. The first-order chi connectivity index (χ1) is 24.4. The number of hydrogen-bond donors (Lipinski definition) is 0. The number of benzene rings is 6. The highest BCUT2D eigenvalue weighted by Gasteiger charge is 2.41. The van der Waals surface area contributed by atoms with E-state index in [1.807, 2.05) is 13.8 Å². The van der Waals surface area contributed by atoms with E-state index in [0.29, 0.717) is 0 Å². The van der Waals surface area contributed by atoms with E-state index in [-0.39, 0.29) is 10.8 Å². The van der Waals surface area contributed by atoms with Crippen molar-refractivity contribution in [2.45, 2.75) is 84.7 Å². The summed E-state index contributed by atoms with van der Waals surface area (Å²) in [4.78, 5) is 0. The van der Waals surface area contributed by atoms with Crippen molar-refractivity contribution in [2.24, 2.45) is 0 Å². The summed E-state index contributed by atoms with van der Waals surface area (Å²) >= 11 is 0. The molecule has 0 heterocycles. The lowest BCUT2D eigenvalue weighted by Crippen LogP contribution is -2.17. The molecule has 0 saturated carbocycles. The molecule has 260 valence electrons. The monoisotopic (exact) mass is 688 g/mol. The maximum absolute atomic E-state index is 13.7. The molecule has 52 heavy (non-hydrogen) atoms. The molecule has 0 saturated heterocycles. The Morgan fingerprint density at radius 1 is 0.365 bits per heavy atom. The summed E-state index contributed by atoms with van der Waals surface area (Å²) < 4.78 is 41.1. The maximum atomic E-state index is 13.7. The summed E-state index contributed by atoms with van der Waals surface area (Å²) in [7, 11) is 0. The minimum absolute atomic E-state index is 0.0671. The third kappa shape index (κ3) is 4.41. The van der Waals surface area contributed by atoms with Crippen LogP contribution in [-0.2, 0) is 22.4 Å². The SMILES string of the molecule is Cc1ccc2c(c1)C(C)(C)c1cc(-c3cc4c(cc3C)-c3cc(C)c(-c5ccc6c(c5)C(C)(C)c5cc(C(F)(F)F)ccc5-6)cc3C4(C)C)ccc1-2. The number of rotatable bonds is 2. The van der Waals surface area contributed by atoms with E-state index in [4.69, 9.17) is 0 Å². The van der Waals surface area contributed by atoms with Gasteiger partial charge >= 0.3 is 6.18 Å². The van der Waals surface area contributed by atoms with Gasteiger partial charge in [0.15, 0.2) is 0 Å². The first kappa shape index (κ1) is 33.0. The second-order valence-corrected chi connectivity index (χ2v) is 17.1. The lowest BCUT2D eigenvalue weighted by Gasteiger charge is -2.25. The van der Waals surface area contributed by atoms with Crippen LogP contribution in [0.15, 0.2) is 97.1 Å². The average molecular weight is 689 g/mol. The van der Waals surface area contributed by atoms with Crippen LogP contribution in [0.1, 0.15) is 97.2 Å². The maximum Gasteiger partial charge on any atom is 0.416 e. The van der Waals surface area contributed by atoms with Crippen LogP contribution in [0.2, 0.25) is 0 Å². The van der Waals surface area contributed by atoms with Crippen molar-refractivity contribution in [1.29, 1.82) is 0 Å². The summed E-state index contributed by atoms with van der Waals surface area (Å²) in [6.07, 6.45) is -4.37. The lowest BCUT2D eigenvalue weighted by molar-refractivity contribution is -0.137. The van der Waals surface area contributed by atoms with E-state index >= 15 is 0 Å². The zero-order valence-corrected chi connectivity index (χ0v) is 31.4. The van der Waals surface area contributed by atoms with Gasteiger partial charge in [0.2, 0.25) is 0 Å². The number of aryl methyl sites for hydroxylation is 3. The molecule has 0 radical (unpaired) electrons. The Balaban J connectivity index is 1.11. The molecule has 0 aromatic heterocycles. The fourth-order valence-corrected chi connectivity index (χ4v) is 9.76. The molecule has 0 fully saturated rings. The Hall–Kier alpha value is -4.89. The highest BCUT2D eigenvalue weighted by molar-refractivity contribution is 5.91. The fraction of sp³-hybridized carbons (Fsp3) is 0.265. The molecule has 0 bridgehead atoms. The van der Waals surface area contributed by atoms with Crippen LogP contribution in [0.3, 0.4) is 0 Å². The van der Waals surface area contributed by atoms with Crippen molar-refractivity contribution in [3.05, 3.63) is 153 Å². The summed E-state index contributed by atoms with van der Waals surface area (Å²) in [5.41, 5.74) is 21.5. The normalized spacial score (nSPS) is 16.5. The smallest absolute Gasteiger partial charge is 0.166 e. The zero-order valence-electron chi connectivity index (χ0n) is 31.4. The molecule has 0 nitrogen and oxygen atoms in total. The van der Waals surface area contributed by atoms with Gasteiger partial charge in [0, 0.05) is 16.2 Å². The first-order valence-corrected chi connectivity index (χ1v) is 18.3. The third-order valence-electron chi connectivity index (χ3n) is 12.8. The molecular formula is C49H43F3. The molecule has 3 aliphatic rings. The highest BCUT2D eigenvalue weighted by atomic mass is 19.4. The Labute approximate surface area is 305 Å². The summed E-state index contributed by atoms with van der Waals surface area (Å²) in [6, 6.07) is 34.1. The summed E-state index contributed by atoms with van der Waals surface area (Å²) in [5.74, 6) is 0. The van der Waals surface area contributed by atoms with E-state index < -0.39 is 17.2 Å². The van der Waals surface area contributed by atoms with Crippen LogP contribution >= 0.6 is 0 Å². The van der Waals surface area contributed by atoms with Gasteiger partial charge in [0.1, 0.15) is 0 Å². The molecule has 3 aliphatic carbocycles. The largest absolute Gasteiger partial charge is 0.416 e. The molecular weight excluding hydrogens is 646 g/mol. The van der Waals surface area contributed by atoms with Gasteiger partial charge in [-0.1, -0.05) is 108 Å². The van der Waals surface area contributed by atoms with E-state index in [2.05, 4.69) is 127 Å². The number of hydrogen-bond acceptors (Lipinski definition) is 0. The lowest BCUT2D eigenvalue weighted by atomic mass is 9.78. The Kier molecular flexibility index (Phi) is 6.58. The number of fused-ring (bicyclic) bond motifs is 9. The van der Waals surface area contributed by atoms with Crippen molar-refractivity contribution >= 4 is 0 Å². The van der Waals surface area contributed by atoms with Gasteiger partial charge < -0.3 is 0 Å². The topological polar surface area (TPSA) is 0 Å². The fourth-order valence-electron chi connectivity index (χ4n) is 9.76. The van der Waals surface area contributed by atoms with Crippen LogP contribution < -0.4 is 0 Å². The van der Waals surface area contributed by atoms with Crippen molar-refractivity contribution in [3.63, 3.8) is 0 Å². The van der Waals surface area contributed by atoms with Crippen molar-refractivity contribution in [2.75, 3.05) is 0 Å². The predicted molar refractivity (Wildman–Crippen MR) is 209 cm³/mol. The van der Waals surface area contributed by atoms with Crippen molar-refractivity contribution in [3.8, 4) is 55.6 Å². The molecule has 9 rings (SSSR count). The Morgan fingerprint density at radius 3 is 1.17 bits per heavy atom. The molecule has 0 amide bonds. The third-order valence-corrected chi connectivity index (χ3v) is 12.8. The van der Waals surface area contributed by atoms with E-state index in [0.717, 1.165) is 33.4 Å². The molecule has 0 atom stereocenters. The second kappa shape index (κ2) is 10.4. The van der Waals surface area contributed by atoms with Crippen LogP contribution in [0, 0.1) is 20.8 Å². The first-order valence-electron chi connectivity index (χ1n) is 18.3. The van der Waals surface area contributed by atoms with E-state index in [1.165, 1.54) is 84.5 Å². The predicted octanol–water partition coefficient (Wildman–Crippen LogP) is 13.9. The van der Waals surface area contributed by atoms with Crippen molar-refractivity contribution < 1.29 is 13.2 Å². The standard InChI is InChI=1S/C49H43F3/c1-26-10-14-32-33-15-11-29(21-41(33)46(4,5)40(32)18-26)36-24-44-38(19-27(36)2)39-20-28(3)37(25-45(39)48(44,8)9)30-12-16-34-35-17-13-31(49(50,51)52)23-43(35)47(6,7)42(34)22-30/h10-25H,1-9H3. The van der Waals surface area contributed by atoms with Crippen LogP contribution in [-0.4, -0.2) is 0 Å². The van der Waals surface area contributed by atoms with E-state index in [1.54, 1.807) is 6.07 Å². The average Bonchev–Trinajstić information content (AvgIpc) is 3.54. The van der Waals surface area contributed by atoms with Gasteiger partial charge in [-0.25, -0.2) is 0 Å². The quantitative estimate of drug-likeness (QED) is 0.170. The van der Waals surface area contributed by atoms with Crippen LogP contribution in [0.25, 0.3) is 55.6 Å². The molecule has 0 spiro atoms. The van der Waals surface area contributed by atoms with E-state index in [9.17, 15) is 13.2 Å². The summed E-state index contributed by atoms with van der Waals surface area (Å²) in [6.45, 7) is 20.0. The Bertz CT molecular complexity index is 2550. The van der Waals surface area contributed by atoms with Gasteiger partial charge in [0.25, 0.3) is 0 Å². The molecule has 6 aromatic rings. The van der Waals surface area contributed by atoms with Gasteiger partial charge in [-0.3, -0.25) is 0 Å². The second-order valence-electron chi connectivity index (χ2n) is 17.1. The number of alkyl halides is 3. The minimum atomic E-state index is -4.37. The van der Waals surface area contributed by atoms with Gasteiger partial charge in [-0.05, 0) is 157 Å². The number of halogens is 3. The van der Waals surface area contributed by atoms with Crippen LogP contribution in [0.4, 0.5) is 13.2 Å². The molecule has 6 aromatic carbocycles. The van der Waals surface area contributed by atoms with Gasteiger partial charge in [-0.15, -0.1) is 0 Å². The zero-order chi connectivity index (χ0) is 36.9. The van der Waals surface area contributed by atoms with Gasteiger partial charge in [-0.2, -0.15) is 13.2 Å². The Morgan fingerprint density at radius 2 is 0.731 bits per heavy atom.